The quantitative estimate of drug-likeness (QED) is 0.0808. The molecule has 0 aliphatic rings. The van der Waals surface area contributed by atoms with E-state index < -0.39 is 0 Å². The van der Waals surface area contributed by atoms with Gasteiger partial charge < -0.3 is 26.8 Å². The minimum Gasteiger partial charge on any atom is -0.456 e. The standard InChI is InChI=1S/C77H54N4O6/c1-45(37-49-21-31-69-61(39-49)65-44-55(29-35-73(65)85-69)53-27-33-71-63(42-53)59-13-3-5-15-67(59)83-71)36-48-18-22-50(23-19-48)74(78)86-75(79)56-10-7-11-57(40-56)77-81-80-76(87-77)51-24-16-46(17-25-51)8-6-9-47-20-30-68-60(38-47)64-43-54(28-34-72(64)84-68)52-26-32-70-62(41-52)58-12-2-4-14-66(58)82-70/h2-5,7,10-35,38-45,78-79H,6,8-9,36-37H2,1H3. The van der Waals surface area contributed by atoms with Gasteiger partial charge in [-0.3, -0.25) is 10.8 Å². The monoisotopic (exact) mass is 1130 g/mol. The molecule has 0 saturated carbocycles. The minimum atomic E-state index is -0.156. The highest BCUT2D eigenvalue weighted by molar-refractivity contribution is 6.11. The first-order chi connectivity index (χ1) is 42.7. The lowest BCUT2D eigenvalue weighted by Gasteiger charge is -2.13. The highest BCUT2D eigenvalue weighted by Crippen LogP contribution is 2.39. The van der Waals surface area contributed by atoms with Crippen LogP contribution in [0.3, 0.4) is 0 Å². The molecule has 0 spiro atoms. The molecule has 0 aliphatic heterocycles. The summed E-state index contributed by atoms with van der Waals surface area (Å²) in [6, 6.07) is 78.5. The van der Waals surface area contributed by atoms with Crippen molar-refractivity contribution in [1.29, 1.82) is 10.8 Å². The third-order valence-corrected chi connectivity index (χ3v) is 17.0. The Labute approximate surface area is 498 Å². The van der Waals surface area contributed by atoms with Gasteiger partial charge in [0, 0.05) is 65.3 Å². The van der Waals surface area contributed by atoms with E-state index >= 15 is 0 Å². The second-order valence-electron chi connectivity index (χ2n) is 22.9. The second kappa shape index (κ2) is 21.2. The van der Waals surface area contributed by atoms with E-state index in [4.69, 9.17) is 37.6 Å². The Morgan fingerprint density at radius 2 is 0.736 bits per heavy atom. The lowest BCUT2D eigenvalue weighted by atomic mass is 9.93. The predicted molar refractivity (Wildman–Crippen MR) is 348 cm³/mol. The molecule has 87 heavy (non-hydrogen) atoms. The Hall–Kier alpha value is -11.1. The van der Waals surface area contributed by atoms with Crippen molar-refractivity contribution in [3.05, 3.63) is 264 Å². The third kappa shape index (κ3) is 9.76. The molecule has 0 bridgehead atoms. The number of hydrogen-bond acceptors (Lipinski definition) is 10. The van der Waals surface area contributed by atoms with Gasteiger partial charge in [0.1, 0.15) is 44.7 Å². The van der Waals surface area contributed by atoms with Gasteiger partial charge in [-0.05, 0) is 210 Å². The molecule has 16 aromatic rings. The summed E-state index contributed by atoms with van der Waals surface area (Å²) in [6.45, 7) is 2.27. The molecule has 0 saturated heterocycles. The number of aromatic nitrogens is 2. The van der Waals surface area contributed by atoms with E-state index in [1.165, 1.54) is 16.7 Å². The molecule has 1 atom stereocenters. The topological polar surface area (TPSA) is 148 Å². The van der Waals surface area contributed by atoms with Gasteiger partial charge in [-0.25, -0.2) is 0 Å². The van der Waals surface area contributed by atoms with Gasteiger partial charge >= 0.3 is 0 Å². The van der Waals surface area contributed by atoms with Crippen molar-refractivity contribution in [3.8, 4) is 45.2 Å². The van der Waals surface area contributed by atoms with Crippen molar-refractivity contribution in [2.45, 2.75) is 39.0 Å². The van der Waals surface area contributed by atoms with Gasteiger partial charge in [-0.15, -0.1) is 10.2 Å². The fourth-order valence-electron chi connectivity index (χ4n) is 12.6. The molecule has 0 aliphatic carbocycles. The van der Waals surface area contributed by atoms with Crippen molar-refractivity contribution in [1.82, 2.24) is 10.2 Å². The molecule has 0 radical (unpaired) electrons. The Morgan fingerprint density at radius 1 is 0.333 bits per heavy atom. The number of para-hydroxylation sites is 2. The van der Waals surface area contributed by atoms with Crippen LogP contribution in [0.4, 0.5) is 0 Å². The molecule has 0 fully saturated rings. The molecular weight excluding hydrogens is 1080 g/mol. The molecule has 2 N–H and O–H groups in total. The second-order valence-corrected chi connectivity index (χ2v) is 22.9. The van der Waals surface area contributed by atoms with Gasteiger partial charge in [0.05, 0.1) is 0 Å². The number of benzene rings is 11. The molecule has 16 rings (SSSR count). The fraction of sp³-hybridized carbons (Fsp3) is 0.0909. The summed E-state index contributed by atoms with van der Waals surface area (Å²) in [6.07, 6.45) is 4.57. The number of aryl methyl sites for hydroxylation is 2. The average molecular weight is 1130 g/mol. The zero-order valence-corrected chi connectivity index (χ0v) is 47.4. The molecule has 11 aromatic carbocycles. The lowest BCUT2D eigenvalue weighted by Crippen LogP contribution is -2.13. The van der Waals surface area contributed by atoms with Crippen LogP contribution >= 0.6 is 0 Å². The van der Waals surface area contributed by atoms with Crippen LogP contribution in [0.15, 0.2) is 253 Å². The van der Waals surface area contributed by atoms with E-state index in [1.54, 1.807) is 12.1 Å². The van der Waals surface area contributed by atoms with E-state index in [9.17, 15) is 0 Å². The molecule has 10 heteroatoms. The third-order valence-electron chi connectivity index (χ3n) is 17.0. The van der Waals surface area contributed by atoms with Crippen LogP contribution in [0.1, 0.15) is 46.7 Å². The summed E-state index contributed by atoms with van der Waals surface area (Å²) in [5, 5.41) is 35.2. The molecule has 418 valence electrons. The predicted octanol–water partition coefficient (Wildman–Crippen LogP) is 20.3. The molecule has 1 unspecified atom stereocenters. The average Bonchev–Trinajstić information content (AvgIpc) is 2.04. The van der Waals surface area contributed by atoms with E-state index in [-0.39, 0.29) is 11.8 Å². The zero-order valence-electron chi connectivity index (χ0n) is 47.4. The molecule has 5 aromatic heterocycles. The van der Waals surface area contributed by atoms with Crippen molar-refractivity contribution >= 4 is 99.5 Å². The van der Waals surface area contributed by atoms with Gasteiger partial charge in [-0.2, -0.15) is 0 Å². The first-order valence-corrected chi connectivity index (χ1v) is 29.5. The van der Waals surface area contributed by atoms with Crippen molar-refractivity contribution in [3.63, 3.8) is 0 Å². The summed E-state index contributed by atoms with van der Waals surface area (Å²) >= 11 is 0. The Morgan fingerprint density at radius 3 is 1.30 bits per heavy atom. The Bertz CT molecular complexity index is 5370. The summed E-state index contributed by atoms with van der Waals surface area (Å²) in [4.78, 5) is 0. The summed E-state index contributed by atoms with van der Waals surface area (Å²) in [5.74, 6) is 0.811. The van der Waals surface area contributed by atoms with Crippen LogP contribution < -0.4 is 0 Å². The van der Waals surface area contributed by atoms with E-state index in [1.807, 2.05) is 78.9 Å². The number of hydrogen-bond donors (Lipinski definition) is 2. The van der Waals surface area contributed by atoms with Gasteiger partial charge in [0.25, 0.3) is 0 Å². The van der Waals surface area contributed by atoms with E-state index in [0.717, 1.165) is 153 Å². The number of nitrogens with one attached hydrogen (secondary N) is 2. The van der Waals surface area contributed by atoms with Crippen LogP contribution in [-0.2, 0) is 30.4 Å². The van der Waals surface area contributed by atoms with Crippen LogP contribution in [0.25, 0.3) is 133 Å². The van der Waals surface area contributed by atoms with Crippen LogP contribution in [0, 0.1) is 16.7 Å². The molecule has 0 amide bonds. The summed E-state index contributed by atoms with van der Waals surface area (Å²) in [7, 11) is 0. The summed E-state index contributed by atoms with van der Waals surface area (Å²) < 4.78 is 36.8. The Balaban J connectivity index is 0.524. The zero-order chi connectivity index (χ0) is 58.1. The summed E-state index contributed by atoms with van der Waals surface area (Å²) in [5.41, 5.74) is 19.0. The maximum Gasteiger partial charge on any atom is 0.248 e. The number of furan rings is 4. The van der Waals surface area contributed by atoms with Gasteiger partial charge in [0.15, 0.2) is 0 Å². The highest BCUT2D eigenvalue weighted by atomic mass is 16.5. The van der Waals surface area contributed by atoms with Gasteiger partial charge in [0.2, 0.25) is 23.6 Å². The van der Waals surface area contributed by atoms with Crippen molar-refractivity contribution in [2.24, 2.45) is 5.92 Å². The molecule has 5 heterocycles. The SMILES string of the molecule is CC(Cc1ccc(C(=N)OC(=N)c2cccc(-c3nnc(-c4ccc(CCCc5ccc6oc7ccc(-c8ccc9oc%10ccccc%10c9c8)cc7c6c5)cc4)o3)c2)cc1)Cc1ccc2oc3ccc(-c4ccc5oc6ccccc6c5c4)cc3c2c1. The van der Waals surface area contributed by atoms with E-state index in [2.05, 4.69) is 157 Å². The minimum absolute atomic E-state index is 0.110. The maximum atomic E-state index is 8.82. The highest BCUT2D eigenvalue weighted by Gasteiger charge is 2.18. The van der Waals surface area contributed by atoms with Gasteiger partial charge in [-0.1, -0.05) is 110 Å². The van der Waals surface area contributed by atoms with E-state index in [0.29, 0.717) is 34.4 Å². The first kappa shape index (κ1) is 51.5. The fourth-order valence-corrected chi connectivity index (χ4v) is 12.6. The smallest absolute Gasteiger partial charge is 0.248 e. The molecule has 10 nitrogen and oxygen atoms in total. The van der Waals surface area contributed by atoms with Crippen LogP contribution in [0.2, 0.25) is 0 Å². The number of rotatable bonds is 14. The largest absolute Gasteiger partial charge is 0.456 e. The van der Waals surface area contributed by atoms with Crippen molar-refractivity contribution in [2.75, 3.05) is 0 Å². The van der Waals surface area contributed by atoms with Crippen molar-refractivity contribution < 1.29 is 26.8 Å². The first-order valence-electron chi connectivity index (χ1n) is 29.5. The maximum absolute atomic E-state index is 8.82. The number of ether oxygens (including phenoxy) is 1. The normalized spacial score (nSPS) is 12.2. The Kier molecular flexibility index (Phi) is 12.6. The molecular formula is C77H54N4O6. The lowest BCUT2D eigenvalue weighted by molar-refractivity contribution is 0.538. The van der Waals surface area contributed by atoms with Crippen LogP contribution in [0.5, 0.6) is 0 Å². The number of fused-ring (bicyclic) bond motifs is 12. The van der Waals surface area contributed by atoms with Crippen LogP contribution in [-0.4, -0.2) is 22.0 Å². The number of nitrogens with zero attached hydrogens (tertiary/aromatic N) is 2.